The van der Waals surface area contributed by atoms with Gasteiger partial charge in [-0.2, -0.15) is 0 Å². The summed E-state index contributed by atoms with van der Waals surface area (Å²) in [6.07, 6.45) is -9.39. The third-order valence-corrected chi connectivity index (χ3v) is 16.8. The van der Waals surface area contributed by atoms with Crippen molar-refractivity contribution in [2.24, 2.45) is 0 Å². The molecule has 14 rings (SSSR count). The highest BCUT2D eigenvalue weighted by Gasteiger charge is 2.46. The fraction of sp³-hybridized carbons (Fsp3) is 0.200. The lowest BCUT2D eigenvalue weighted by atomic mass is 9.99. The van der Waals surface area contributed by atoms with Gasteiger partial charge in [-0.3, -0.25) is 19.2 Å². The number of aliphatic hydroxyl groups excluding tert-OH is 8. The standard InChI is InChI=1S/2C22H22O10.C16H12O5.C15H10O4/c2*1-29-15-6-12-14(30-9-13(18(12)25)10-2-4-11(24)5-3-10)7-16(15)31-22-21(28)20(27)19(26)17(8-23)32-22;1-20-15-6-11-14(7-13(15)18)21-8-12(16(11)19)9-2-4-10(17)5-3-9;16-10-3-1-9(2-4-10)13-8-19-14-7-11(17)5-6-12(14)15(13)18/h2*2-7,9,17,19-24,26-28H,8H2,1H3;2-8,17-18H,1H3;1-8,16-17H/t2*17-,19-,20+,21-,22-;;/m11../s1. The van der Waals surface area contributed by atoms with Gasteiger partial charge in [0.25, 0.3) is 0 Å². The molecule has 0 aliphatic carbocycles. The zero-order chi connectivity index (χ0) is 74.4. The van der Waals surface area contributed by atoms with Crippen LogP contribution in [0, 0.1) is 0 Å². The van der Waals surface area contributed by atoms with Crippen molar-refractivity contribution in [1.82, 2.24) is 0 Å². The van der Waals surface area contributed by atoms with Gasteiger partial charge < -0.3 is 122 Å². The minimum absolute atomic E-state index is 0.0462. The van der Waals surface area contributed by atoms with E-state index < -0.39 is 74.6 Å². The Labute approximate surface area is 585 Å². The first-order valence-corrected chi connectivity index (χ1v) is 31.4. The number of rotatable bonds is 13. The molecule has 0 radical (unpaired) electrons. The lowest BCUT2D eigenvalue weighted by Gasteiger charge is -2.39. The molecule has 8 aromatic carbocycles. The van der Waals surface area contributed by atoms with Crippen LogP contribution in [0.25, 0.3) is 88.4 Å². The highest BCUT2D eigenvalue weighted by atomic mass is 16.7. The summed E-state index contributed by atoms with van der Waals surface area (Å²) < 4.78 is 59.6. The molecule has 14 N–H and O–H groups in total. The molecule has 29 heteroatoms. The Morgan fingerprint density at radius 3 is 0.923 bits per heavy atom. The number of hydrogen-bond acceptors (Lipinski definition) is 29. The van der Waals surface area contributed by atoms with Gasteiger partial charge in [0.2, 0.25) is 28.9 Å². The van der Waals surface area contributed by atoms with Crippen LogP contribution in [0.5, 0.6) is 63.2 Å². The van der Waals surface area contributed by atoms with Crippen LogP contribution in [0.3, 0.4) is 0 Å². The highest BCUT2D eigenvalue weighted by Crippen LogP contribution is 2.39. The number of ether oxygens (including phenoxy) is 7. The number of hydrogen-bond donors (Lipinski definition) is 14. The molecule has 2 aliphatic heterocycles. The van der Waals surface area contributed by atoms with E-state index in [0.29, 0.717) is 49.7 Å². The van der Waals surface area contributed by atoms with E-state index in [1.54, 1.807) is 48.5 Å². The van der Waals surface area contributed by atoms with Crippen LogP contribution in [0.2, 0.25) is 0 Å². The molecular formula is C75H66O29. The molecule has 0 amide bonds. The fourth-order valence-corrected chi connectivity index (χ4v) is 11.1. The number of aromatic hydroxyl groups is 6. The van der Waals surface area contributed by atoms with Gasteiger partial charge in [-0.15, -0.1) is 0 Å². The number of fused-ring (bicyclic) bond motifs is 4. The lowest BCUT2D eigenvalue weighted by molar-refractivity contribution is -0.277. The summed E-state index contributed by atoms with van der Waals surface area (Å²) in [7, 11) is 4.12. The van der Waals surface area contributed by atoms with Crippen LogP contribution < -0.4 is 45.4 Å². The Bertz CT molecular complexity index is 5100. The Balaban J connectivity index is 0.000000142. The second-order valence-corrected chi connectivity index (χ2v) is 23.4. The van der Waals surface area contributed by atoms with Crippen molar-refractivity contribution in [3.8, 4) is 108 Å². The van der Waals surface area contributed by atoms with Crippen molar-refractivity contribution in [3.63, 3.8) is 0 Å². The first-order chi connectivity index (χ1) is 49.9. The average molecular weight is 1430 g/mol. The number of phenols is 6. The molecule has 540 valence electrons. The maximum absolute atomic E-state index is 13.0. The van der Waals surface area contributed by atoms with Gasteiger partial charge in [-0.05, 0) is 101 Å². The Kier molecular flexibility index (Phi) is 22.2. The molecule has 0 spiro atoms. The second-order valence-electron chi connectivity index (χ2n) is 23.4. The predicted octanol–water partition coefficient (Wildman–Crippen LogP) is 6.46. The SMILES string of the molecule is COc1cc2c(=O)c(-c3ccc(O)cc3)coc2cc1O.COc1cc2c(=O)c(-c3ccc(O)cc3)coc2cc1O[C@@H]1O[C@H](CO)[C@@H](O)[C@H](O)[C@H]1O.COc1cc2c(=O)c(-c3ccc(O)cc3)coc2cc1O[C@@H]1O[C@H](CO)[C@@H](O)[C@H](O)[C@H]1O.O=c1c(-c2ccc(O)cc2)coc2cc(O)ccc12. The molecule has 29 nitrogen and oxygen atoms in total. The van der Waals surface area contributed by atoms with E-state index in [4.69, 9.17) is 50.8 Å². The Morgan fingerprint density at radius 2 is 0.606 bits per heavy atom. The van der Waals surface area contributed by atoms with Crippen molar-refractivity contribution in [1.29, 1.82) is 0 Å². The molecule has 6 heterocycles. The maximum atomic E-state index is 13.0. The number of aliphatic hydroxyl groups is 8. The summed E-state index contributed by atoms with van der Waals surface area (Å²) in [5.74, 6) is 0.903. The quantitative estimate of drug-likeness (QED) is 0.0589. The summed E-state index contributed by atoms with van der Waals surface area (Å²) in [5, 5.41) is 136. The molecule has 104 heavy (non-hydrogen) atoms. The first kappa shape index (κ1) is 73.2. The Hall–Kier alpha value is -12.0. The molecule has 2 fully saturated rings. The van der Waals surface area contributed by atoms with Crippen LogP contribution in [-0.4, -0.2) is 167 Å². The van der Waals surface area contributed by atoms with E-state index in [1.807, 2.05) is 0 Å². The number of phenolic OH excluding ortho intramolecular Hbond substituents is 6. The lowest BCUT2D eigenvalue weighted by Crippen LogP contribution is -2.60. The molecule has 4 aromatic heterocycles. The summed E-state index contributed by atoms with van der Waals surface area (Å²) in [6.45, 7) is -1.21. The predicted molar refractivity (Wildman–Crippen MR) is 370 cm³/mol. The molecule has 0 bridgehead atoms. The molecular weight excluding hydrogens is 1360 g/mol. The Morgan fingerprint density at radius 1 is 0.317 bits per heavy atom. The third kappa shape index (κ3) is 15.4. The van der Waals surface area contributed by atoms with E-state index in [0.717, 1.165) is 0 Å². The first-order valence-electron chi connectivity index (χ1n) is 31.4. The molecule has 0 unspecified atom stereocenters. The van der Waals surface area contributed by atoms with Gasteiger partial charge in [-0.1, -0.05) is 48.5 Å². The van der Waals surface area contributed by atoms with Crippen LogP contribution in [0.15, 0.2) is 214 Å². The molecule has 0 saturated carbocycles. The van der Waals surface area contributed by atoms with Crippen molar-refractivity contribution in [2.45, 2.75) is 61.4 Å². The van der Waals surface area contributed by atoms with E-state index in [-0.39, 0.29) is 124 Å². The van der Waals surface area contributed by atoms with Crippen LogP contribution >= 0.6 is 0 Å². The summed E-state index contributed by atoms with van der Waals surface area (Å²) in [5.41, 5.74) is 3.62. The number of methoxy groups -OCH3 is 3. The summed E-state index contributed by atoms with van der Waals surface area (Å²) in [4.78, 5) is 50.9. The smallest absolute Gasteiger partial charge is 0.229 e. The van der Waals surface area contributed by atoms with Gasteiger partial charge in [0.1, 0.15) is 125 Å². The molecule has 10 atom stereocenters. The summed E-state index contributed by atoms with van der Waals surface area (Å²) in [6, 6.07) is 37.4. The van der Waals surface area contributed by atoms with Gasteiger partial charge in [-0.25, -0.2) is 0 Å². The zero-order valence-corrected chi connectivity index (χ0v) is 54.8. The van der Waals surface area contributed by atoms with Crippen LogP contribution in [0.1, 0.15) is 0 Å². The monoisotopic (exact) mass is 1430 g/mol. The zero-order valence-electron chi connectivity index (χ0n) is 54.8. The molecule has 2 aliphatic rings. The third-order valence-electron chi connectivity index (χ3n) is 16.8. The van der Waals surface area contributed by atoms with Gasteiger partial charge in [0, 0.05) is 24.3 Å². The normalized spacial score (nSPS) is 19.9. The fourth-order valence-electron chi connectivity index (χ4n) is 11.1. The van der Waals surface area contributed by atoms with E-state index >= 15 is 0 Å². The van der Waals surface area contributed by atoms with Gasteiger partial charge >= 0.3 is 0 Å². The minimum atomic E-state index is -1.61. The summed E-state index contributed by atoms with van der Waals surface area (Å²) >= 11 is 0. The average Bonchev–Trinajstić information content (AvgIpc) is 0.785. The largest absolute Gasteiger partial charge is 0.508 e. The maximum Gasteiger partial charge on any atom is 0.229 e. The van der Waals surface area contributed by atoms with Crippen molar-refractivity contribution in [3.05, 3.63) is 218 Å². The highest BCUT2D eigenvalue weighted by molar-refractivity contribution is 5.88. The second kappa shape index (κ2) is 31.5. The van der Waals surface area contributed by atoms with Gasteiger partial charge in [0.05, 0.1) is 78.3 Å². The van der Waals surface area contributed by atoms with Crippen molar-refractivity contribution < 1.29 is 122 Å². The van der Waals surface area contributed by atoms with Crippen LogP contribution in [0.4, 0.5) is 0 Å². The van der Waals surface area contributed by atoms with Crippen LogP contribution in [-0.2, 0) is 9.47 Å². The topological polar surface area (TPSA) is 469 Å². The van der Waals surface area contributed by atoms with E-state index in [1.165, 1.54) is 150 Å². The van der Waals surface area contributed by atoms with Crippen molar-refractivity contribution in [2.75, 3.05) is 34.5 Å². The van der Waals surface area contributed by atoms with E-state index in [9.17, 15) is 90.7 Å². The number of benzene rings is 8. The molecule has 2 saturated heterocycles. The van der Waals surface area contributed by atoms with Crippen molar-refractivity contribution >= 4 is 43.9 Å². The molecule has 12 aromatic rings. The van der Waals surface area contributed by atoms with Gasteiger partial charge in [0.15, 0.2) is 39.9 Å². The minimum Gasteiger partial charge on any atom is -0.508 e. The van der Waals surface area contributed by atoms with E-state index in [2.05, 4.69) is 0 Å².